The monoisotopic (exact) mass is 457 g/mol. The normalized spacial score (nSPS) is 17.2. The molecule has 2 amide bonds. The molecule has 2 aromatic carbocycles. The predicted molar refractivity (Wildman–Crippen MR) is 112 cm³/mol. The molecule has 1 atom stereocenters. The number of hydrogen-bond donors (Lipinski definition) is 0. The van der Waals surface area contributed by atoms with Crippen LogP contribution < -0.4 is 10.4 Å². The molecule has 0 aliphatic carbocycles. The summed E-state index contributed by atoms with van der Waals surface area (Å²) in [5.74, 6) is 0.129. The van der Waals surface area contributed by atoms with Gasteiger partial charge in [-0.1, -0.05) is 28.1 Å². The number of amides is 2. The SMILES string of the molecule is COc1ccc(CN2C(=O)CCC(n3c(=O)n(C)c4cc(Br)ccc43)C2=O)cc1. The number of carbonyl (C=O) groups excluding carboxylic acids is 2. The highest BCUT2D eigenvalue weighted by Gasteiger charge is 2.37. The Kier molecular flexibility index (Phi) is 5.04. The van der Waals surface area contributed by atoms with E-state index in [0.717, 1.165) is 15.6 Å². The predicted octanol–water partition coefficient (Wildman–Crippen LogP) is 3.00. The third-order valence-corrected chi connectivity index (χ3v) is 5.84. The summed E-state index contributed by atoms with van der Waals surface area (Å²) in [4.78, 5) is 39.9. The summed E-state index contributed by atoms with van der Waals surface area (Å²) in [6.45, 7) is 0.170. The maximum atomic E-state index is 13.2. The van der Waals surface area contributed by atoms with Gasteiger partial charge in [0.15, 0.2) is 0 Å². The number of piperidine rings is 1. The average molecular weight is 458 g/mol. The quantitative estimate of drug-likeness (QED) is 0.564. The number of rotatable bonds is 4. The van der Waals surface area contributed by atoms with E-state index in [0.29, 0.717) is 17.7 Å². The highest BCUT2D eigenvalue weighted by Crippen LogP contribution is 2.29. The molecule has 1 saturated heterocycles. The van der Waals surface area contributed by atoms with Crippen LogP contribution in [0.15, 0.2) is 51.7 Å². The number of imide groups is 1. The molecule has 8 heteroatoms. The van der Waals surface area contributed by atoms with Crippen molar-refractivity contribution < 1.29 is 14.3 Å². The van der Waals surface area contributed by atoms with Crippen molar-refractivity contribution in [2.45, 2.75) is 25.4 Å². The number of ether oxygens (including phenoxy) is 1. The fourth-order valence-electron chi connectivity index (χ4n) is 3.78. The van der Waals surface area contributed by atoms with Crippen molar-refractivity contribution in [3.63, 3.8) is 0 Å². The van der Waals surface area contributed by atoms with E-state index in [9.17, 15) is 14.4 Å². The van der Waals surface area contributed by atoms with Crippen molar-refractivity contribution in [1.82, 2.24) is 14.0 Å². The van der Waals surface area contributed by atoms with Gasteiger partial charge in [-0.15, -0.1) is 0 Å². The molecule has 0 radical (unpaired) electrons. The summed E-state index contributed by atoms with van der Waals surface area (Å²) in [5, 5.41) is 0. The first kappa shape index (κ1) is 19.4. The number of fused-ring (bicyclic) bond motifs is 1. The van der Waals surface area contributed by atoms with Crippen LogP contribution in [0.4, 0.5) is 0 Å². The van der Waals surface area contributed by atoms with Crippen LogP contribution in [0.25, 0.3) is 11.0 Å². The summed E-state index contributed by atoms with van der Waals surface area (Å²) in [6.07, 6.45) is 0.526. The highest BCUT2D eigenvalue weighted by molar-refractivity contribution is 9.10. The van der Waals surface area contributed by atoms with E-state index in [1.54, 1.807) is 26.3 Å². The molecule has 0 bridgehead atoms. The molecule has 1 fully saturated rings. The van der Waals surface area contributed by atoms with E-state index < -0.39 is 6.04 Å². The number of aromatic nitrogens is 2. The third kappa shape index (κ3) is 3.37. The lowest BCUT2D eigenvalue weighted by atomic mass is 10.0. The molecule has 4 rings (SSSR count). The van der Waals surface area contributed by atoms with E-state index in [1.165, 1.54) is 14.0 Å². The lowest BCUT2D eigenvalue weighted by molar-refractivity contribution is -0.151. The maximum Gasteiger partial charge on any atom is 0.329 e. The second kappa shape index (κ2) is 7.51. The minimum absolute atomic E-state index is 0.170. The van der Waals surface area contributed by atoms with Gasteiger partial charge in [-0.25, -0.2) is 4.79 Å². The standard InChI is InChI=1S/C21H20BrN3O4/c1-23-18-11-14(22)5-8-16(18)25(21(23)28)17-9-10-19(26)24(20(17)27)12-13-3-6-15(29-2)7-4-13/h3-8,11,17H,9-10,12H2,1-2H3. The molecule has 0 spiro atoms. The van der Waals surface area contributed by atoms with Gasteiger partial charge in [0.1, 0.15) is 11.8 Å². The Bertz CT molecular complexity index is 1160. The maximum absolute atomic E-state index is 13.2. The third-order valence-electron chi connectivity index (χ3n) is 5.35. The number of benzene rings is 2. The van der Waals surface area contributed by atoms with Crippen molar-refractivity contribution >= 4 is 38.8 Å². The summed E-state index contributed by atoms with van der Waals surface area (Å²) >= 11 is 3.42. The van der Waals surface area contributed by atoms with Crippen molar-refractivity contribution in [2.24, 2.45) is 7.05 Å². The lowest BCUT2D eigenvalue weighted by Gasteiger charge is -2.31. The van der Waals surface area contributed by atoms with Crippen LogP contribution in [0.2, 0.25) is 0 Å². The van der Waals surface area contributed by atoms with Gasteiger partial charge in [-0.2, -0.15) is 0 Å². The van der Waals surface area contributed by atoms with Gasteiger partial charge in [-0.3, -0.25) is 23.6 Å². The summed E-state index contributed by atoms with van der Waals surface area (Å²) in [7, 11) is 3.26. The van der Waals surface area contributed by atoms with E-state index in [1.807, 2.05) is 30.3 Å². The van der Waals surface area contributed by atoms with Crippen molar-refractivity contribution in [3.05, 3.63) is 63.0 Å². The molecule has 2 heterocycles. The van der Waals surface area contributed by atoms with Crippen LogP contribution >= 0.6 is 15.9 Å². The Morgan fingerprint density at radius 1 is 1.07 bits per heavy atom. The van der Waals surface area contributed by atoms with Gasteiger partial charge in [0.05, 0.1) is 24.7 Å². The molecule has 0 N–H and O–H groups in total. The van der Waals surface area contributed by atoms with Crippen molar-refractivity contribution in [2.75, 3.05) is 7.11 Å². The van der Waals surface area contributed by atoms with Crippen LogP contribution in [-0.4, -0.2) is 33.0 Å². The molecular formula is C21H20BrN3O4. The number of imidazole rings is 1. The first-order valence-electron chi connectivity index (χ1n) is 9.24. The molecule has 1 aromatic heterocycles. The number of aryl methyl sites for hydroxylation is 1. The zero-order valence-electron chi connectivity index (χ0n) is 16.1. The van der Waals surface area contributed by atoms with Crippen LogP contribution in [0.3, 0.4) is 0 Å². The van der Waals surface area contributed by atoms with Crippen LogP contribution in [0, 0.1) is 0 Å². The van der Waals surface area contributed by atoms with Gasteiger partial charge in [0.2, 0.25) is 5.91 Å². The highest BCUT2D eigenvalue weighted by atomic mass is 79.9. The van der Waals surface area contributed by atoms with E-state index in [2.05, 4.69) is 15.9 Å². The molecule has 7 nitrogen and oxygen atoms in total. The second-order valence-electron chi connectivity index (χ2n) is 7.07. The zero-order valence-corrected chi connectivity index (χ0v) is 17.7. The smallest absolute Gasteiger partial charge is 0.329 e. The number of nitrogens with zero attached hydrogens (tertiary/aromatic N) is 3. The van der Waals surface area contributed by atoms with Crippen LogP contribution in [0.1, 0.15) is 24.4 Å². The fraction of sp³-hybridized carbons (Fsp3) is 0.286. The van der Waals surface area contributed by atoms with Crippen molar-refractivity contribution in [3.8, 4) is 5.75 Å². The summed E-state index contributed by atoms with van der Waals surface area (Å²) in [5.41, 5.74) is 1.96. The van der Waals surface area contributed by atoms with E-state index >= 15 is 0 Å². The van der Waals surface area contributed by atoms with Crippen molar-refractivity contribution in [1.29, 1.82) is 0 Å². The average Bonchev–Trinajstić information content (AvgIpc) is 2.96. The molecule has 29 heavy (non-hydrogen) atoms. The number of carbonyl (C=O) groups is 2. The van der Waals surface area contributed by atoms with Gasteiger partial charge >= 0.3 is 5.69 Å². The molecule has 1 aliphatic heterocycles. The number of halogens is 1. The van der Waals surface area contributed by atoms with E-state index in [4.69, 9.17) is 4.74 Å². The first-order valence-corrected chi connectivity index (χ1v) is 10.0. The Hall–Kier alpha value is -2.87. The molecule has 150 valence electrons. The molecule has 0 saturated carbocycles. The minimum atomic E-state index is -0.705. The Balaban J connectivity index is 1.70. The zero-order chi connectivity index (χ0) is 20.7. The van der Waals surface area contributed by atoms with Gasteiger partial charge in [0, 0.05) is 17.9 Å². The topological polar surface area (TPSA) is 73.5 Å². The van der Waals surface area contributed by atoms with Crippen LogP contribution in [-0.2, 0) is 23.2 Å². The summed E-state index contributed by atoms with van der Waals surface area (Å²) < 4.78 is 9.04. The minimum Gasteiger partial charge on any atom is -0.497 e. The van der Waals surface area contributed by atoms with E-state index in [-0.39, 0.29) is 30.5 Å². The molecule has 1 aliphatic rings. The fourth-order valence-corrected chi connectivity index (χ4v) is 4.13. The largest absolute Gasteiger partial charge is 0.497 e. The van der Waals surface area contributed by atoms with Gasteiger partial charge in [-0.05, 0) is 42.3 Å². The Morgan fingerprint density at radius 3 is 2.48 bits per heavy atom. The lowest BCUT2D eigenvalue weighted by Crippen LogP contribution is -2.47. The second-order valence-corrected chi connectivity index (χ2v) is 7.98. The Labute approximate surface area is 175 Å². The summed E-state index contributed by atoms with van der Waals surface area (Å²) in [6, 6.07) is 12.0. The number of likely N-dealkylation sites (tertiary alicyclic amines) is 1. The Morgan fingerprint density at radius 2 is 1.79 bits per heavy atom. The van der Waals surface area contributed by atoms with Gasteiger partial charge in [0.25, 0.3) is 5.91 Å². The number of hydrogen-bond acceptors (Lipinski definition) is 4. The molecular weight excluding hydrogens is 438 g/mol. The molecule has 3 aromatic rings. The van der Waals surface area contributed by atoms with Crippen LogP contribution in [0.5, 0.6) is 5.75 Å². The molecule has 1 unspecified atom stereocenters. The number of methoxy groups -OCH3 is 1. The first-order chi connectivity index (χ1) is 13.9. The van der Waals surface area contributed by atoms with Gasteiger partial charge < -0.3 is 4.74 Å².